The smallest absolute Gasteiger partial charge is 0.330 e. The van der Waals surface area contributed by atoms with E-state index in [0.717, 1.165) is 0 Å². The van der Waals surface area contributed by atoms with E-state index in [1.807, 2.05) is 6.92 Å². The summed E-state index contributed by atoms with van der Waals surface area (Å²) in [7, 11) is 0. The van der Waals surface area contributed by atoms with Gasteiger partial charge in [0.05, 0.1) is 6.61 Å². The summed E-state index contributed by atoms with van der Waals surface area (Å²) in [5.41, 5.74) is 6.30. The first-order valence-electron chi connectivity index (χ1n) is 5.92. The lowest BCUT2D eigenvalue weighted by Gasteiger charge is -2.50. The van der Waals surface area contributed by atoms with Crippen molar-refractivity contribution in [2.45, 2.75) is 24.4 Å². The number of carbonyl (C=O) groups is 2. The Hall–Kier alpha value is -0.770. The highest BCUT2D eigenvalue weighted by Crippen LogP contribution is 2.40. The van der Waals surface area contributed by atoms with Crippen LogP contribution in [-0.2, 0) is 14.3 Å². The van der Waals surface area contributed by atoms with Crippen molar-refractivity contribution in [3.8, 4) is 0 Å². The molecule has 3 atom stereocenters. The van der Waals surface area contributed by atoms with E-state index in [1.165, 1.54) is 28.4 Å². The molecule has 2 rings (SSSR count). The van der Waals surface area contributed by atoms with Gasteiger partial charge in [0.15, 0.2) is 6.04 Å². The lowest BCUT2D eigenvalue weighted by atomic mass is 10.00. The van der Waals surface area contributed by atoms with E-state index >= 15 is 0 Å². The predicted molar refractivity (Wildman–Crippen MR) is 82.4 cm³/mol. The number of fused-ring (bicyclic) bond motifs is 1. The summed E-state index contributed by atoms with van der Waals surface area (Å²) >= 11 is 7.62. The van der Waals surface area contributed by atoms with Crippen LogP contribution in [0.4, 0.5) is 0 Å². The Bertz CT molecular complexity index is 482. The molecule has 3 N–H and O–H groups in total. The molecule has 0 spiro atoms. The highest BCUT2D eigenvalue weighted by molar-refractivity contribution is 8.22. The summed E-state index contributed by atoms with van der Waals surface area (Å²) in [6, 6.07) is -1.57. The molecule has 1 fully saturated rings. The van der Waals surface area contributed by atoms with Crippen molar-refractivity contribution in [2.24, 2.45) is 5.73 Å². The second kappa shape index (κ2) is 6.33. The maximum atomic E-state index is 11.7. The maximum Gasteiger partial charge on any atom is 0.330 e. The number of nitrogens with two attached hydrogens (primary N) is 1. The van der Waals surface area contributed by atoms with Crippen molar-refractivity contribution < 1.29 is 19.4 Å². The highest BCUT2D eigenvalue weighted by Gasteiger charge is 2.53. The van der Waals surface area contributed by atoms with Crippen LogP contribution in [0, 0.1) is 0 Å². The van der Waals surface area contributed by atoms with Crippen LogP contribution in [0.1, 0.15) is 6.92 Å². The predicted octanol–water partition coefficient (Wildman–Crippen LogP) is 0.620. The number of hydrogen-bond donors (Lipinski definition) is 2. The minimum absolute atomic E-state index is 0.281. The molecule has 2 heterocycles. The van der Waals surface area contributed by atoms with E-state index in [2.05, 4.69) is 0 Å². The Labute approximate surface area is 130 Å². The Morgan fingerprint density at radius 2 is 2.40 bits per heavy atom. The molecule has 20 heavy (non-hydrogen) atoms. The van der Waals surface area contributed by atoms with Gasteiger partial charge in [-0.3, -0.25) is 4.79 Å². The second-order valence-electron chi connectivity index (χ2n) is 4.20. The molecule has 9 heteroatoms. The van der Waals surface area contributed by atoms with Crippen molar-refractivity contribution in [3.05, 3.63) is 11.0 Å². The largest absolute Gasteiger partial charge is 0.479 e. The van der Waals surface area contributed by atoms with E-state index < -0.39 is 18.1 Å². The molecule has 0 bridgehead atoms. The molecule has 0 saturated carbocycles. The van der Waals surface area contributed by atoms with Crippen LogP contribution in [0.2, 0.25) is 0 Å². The third kappa shape index (κ3) is 2.80. The molecule has 0 aliphatic carbocycles. The van der Waals surface area contributed by atoms with Crippen molar-refractivity contribution in [1.29, 1.82) is 0 Å². The van der Waals surface area contributed by atoms with Crippen molar-refractivity contribution in [3.63, 3.8) is 0 Å². The Kier molecular flexibility index (Phi) is 4.95. The first-order valence-corrected chi connectivity index (χ1v) is 8.25. The first kappa shape index (κ1) is 15.6. The SMILES string of the molecule is CCOC(=S)SCC1=CS[C@@H]2C(N)C(=O)N2C1C(=O)O. The number of β-lactam (4-membered cyclic amide) rings is 1. The van der Waals surface area contributed by atoms with Crippen LogP contribution >= 0.6 is 35.7 Å². The number of hydrogen-bond acceptors (Lipinski definition) is 7. The van der Waals surface area contributed by atoms with E-state index in [4.69, 9.17) is 22.7 Å². The van der Waals surface area contributed by atoms with Crippen LogP contribution in [0.5, 0.6) is 0 Å². The van der Waals surface area contributed by atoms with Gasteiger partial charge in [-0.1, -0.05) is 11.8 Å². The van der Waals surface area contributed by atoms with E-state index in [-0.39, 0.29) is 11.3 Å². The number of rotatable bonds is 4. The van der Waals surface area contributed by atoms with Gasteiger partial charge in [0.25, 0.3) is 0 Å². The van der Waals surface area contributed by atoms with E-state index in [0.29, 0.717) is 22.3 Å². The van der Waals surface area contributed by atoms with Gasteiger partial charge in [-0.15, -0.1) is 11.8 Å². The van der Waals surface area contributed by atoms with Gasteiger partial charge >= 0.3 is 5.97 Å². The van der Waals surface area contributed by atoms with Crippen molar-refractivity contribution in [2.75, 3.05) is 12.4 Å². The van der Waals surface area contributed by atoms with E-state index in [9.17, 15) is 14.7 Å². The number of carbonyl (C=O) groups excluding carboxylic acids is 1. The summed E-state index contributed by atoms with van der Waals surface area (Å²) in [4.78, 5) is 24.5. The molecule has 2 unspecified atom stereocenters. The zero-order chi connectivity index (χ0) is 14.9. The molecule has 0 radical (unpaired) electrons. The molecule has 2 aliphatic rings. The lowest BCUT2D eigenvalue weighted by molar-refractivity contribution is -0.157. The monoisotopic (exact) mass is 334 g/mol. The summed E-state index contributed by atoms with van der Waals surface area (Å²) < 4.78 is 5.51. The van der Waals surface area contributed by atoms with Crippen LogP contribution < -0.4 is 5.73 Å². The fraction of sp³-hybridized carbons (Fsp3) is 0.545. The summed E-state index contributed by atoms with van der Waals surface area (Å²) in [6.45, 7) is 2.30. The molecule has 0 aromatic rings. The average molecular weight is 334 g/mol. The molecule has 1 saturated heterocycles. The number of nitrogens with zero attached hydrogens (tertiary/aromatic N) is 1. The number of carboxylic acids is 1. The van der Waals surface area contributed by atoms with Crippen molar-refractivity contribution in [1.82, 2.24) is 4.90 Å². The quantitative estimate of drug-likeness (QED) is 0.571. The molecular formula is C11H14N2O4S3. The van der Waals surface area contributed by atoms with Gasteiger partial charge in [0, 0.05) is 5.75 Å². The normalized spacial score (nSPS) is 28.3. The lowest BCUT2D eigenvalue weighted by Crippen LogP contribution is -2.72. The zero-order valence-electron chi connectivity index (χ0n) is 10.6. The van der Waals surface area contributed by atoms with Crippen LogP contribution in [0.15, 0.2) is 11.0 Å². The van der Waals surface area contributed by atoms with Gasteiger partial charge in [0.1, 0.15) is 11.4 Å². The van der Waals surface area contributed by atoms with Crippen molar-refractivity contribution >= 4 is 52.0 Å². The zero-order valence-corrected chi connectivity index (χ0v) is 13.1. The highest BCUT2D eigenvalue weighted by atomic mass is 32.2. The van der Waals surface area contributed by atoms with Crippen LogP contribution in [0.25, 0.3) is 0 Å². The molecular weight excluding hydrogens is 320 g/mol. The van der Waals surface area contributed by atoms with Gasteiger partial charge in [-0.2, -0.15) is 0 Å². The molecule has 110 valence electrons. The minimum Gasteiger partial charge on any atom is -0.479 e. The number of amides is 1. The Morgan fingerprint density at radius 3 is 3.00 bits per heavy atom. The minimum atomic E-state index is -1.05. The first-order chi connectivity index (χ1) is 9.47. The molecule has 0 aromatic heterocycles. The number of thioether (sulfide) groups is 2. The Morgan fingerprint density at radius 1 is 1.70 bits per heavy atom. The van der Waals surface area contributed by atoms with E-state index in [1.54, 1.807) is 5.41 Å². The van der Waals surface area contributed by atoms with Crippen LogP contribution in [-0.4, -0.2) is 56.1 Å². The van der Waals surface area contributed by atoms with Crippen LogP contribution in [0.3, 0.4) is 0 Å². The third-order valence-corrected chi connectivity index (χ3v) is 5.50. The number of carboxylic acid groups (broad SMARTS) is 1. The fourth-order valence-corrected chi connectivity index (χ4v) is 4.32. The fourth-order valence-electron chi connectivity index (χ4n) is 2.03. The number of aliphatic carboxylic acids is 1. The molecule has 6 nitrogen and oxygen atoms in total. The third-order valence-electron chi connectivity index (χ3n) is 2.96. The summed E-state index contributed by atoms with van der Waals surface area (Å²) in [5.74, 6) is -0.989. The number of thiocarbonyl (C=S) groups is 1. The summed E-state index contributed by atoms with van der Waals surface area (Å²) in [5, 5.41) is 10.8. The molecule has 2 aliphatic heterocycles. The van der Waals surface area contributed by atoms with Gasteiger partial charge in [-0.25, -0.2) is 4.79 Å². The van der Waals surface area contributed by atoms with Gasteiger partial charge in [-0.05, 0) is 30.1 Å². The van der Waals surface area contributed by atoms with Gasteiger partial charge in [0.2, 0.25) is 10.3 Å². The second-order valence-corrected chi connectivity index (χ2v) is 6.77. The molecule has 1 amide bonds. The standard InChI is InChI=1S/C11H14N2O4S3/c1-2-17-11(18)20-4-5-3-19-9-6(12)8(14)13(9)7(5)10(15)16/h3,6-7,9H,2,4,12H2,1H3,(H,15,16)/t6?,7?,9-/m1/s1. The topological polar surface area (TPSA) is 92.9 Å². The summed E-state index contributed by atoms with van der Waals surface area (Å²) in [6.07, 6.45) is 0. The number of ether oxygens (including phenoxy) is 1. The maximum absolute atomic E-state index is 11.7. The average Bonchev–Trinajstić information content (AvgIpc) is 2.43. The van der Waals surface area contributed by atoms with Gasteiger partial charge < -0.3 is 20.5 Å². The molecule has 0 aromatic carbocycles. The Balaban J connectivity index is 2.07.